The minimum atomic E-state index is 0.194. The van der Waals surface area contributed by atoms with Gasteiger partial charge in [-0.05, 0) is 20.2 Å². The molecule has 1 rings (SSSR count). The molecule has 1 heterocycles. The van der Waals surface area contributed by atoms with Gasteiger partial charge in [-0.15, -0.1) is 0 Å². The normalized spacial score (nSPS) is 9.86. The van der Waals surface area contributed by atoms with Crippen molar-refractivity contribution < 1.29 is 0 Å². The number of likely N-dealkylation sites (N-methyl/N-ethyl adjacent to an activating group) is 1. The Morgan fingerprint density at radius 1 is 1.57 bits per heavy atom. The van der Waals surface area contributed by atoms with Crippen molar-refractivity contribution in [1.82, 2.24) is 14.9 Å². The van der Waals surface area contributed by atoms with Gasteiger partial charge in [-0.3, -0.25) is 0 Å². The molecule has 74 valence electrons. The summed E-state index contributed by atoms with van der Waals surface area (Å²) in [7, 11) is 4.00. The fourth-order valence-corrected chi connectivity index (χ4v) is 0.919. The minimum absolute atomic E-state index is 0.194. The molecule has 0 amide bonds. The minimum Gasteiger partial charge on any atom is -0.369 e. The highest BCUT2D eigenvalue weighted by Crippen LogP contribution is 1.99. The molecule has 0 spiro atoms. The van der Waals surface area contributed by atoms with Crippen molar-refractivity contribution in [2.45, 2.75) is 0 Å². The molecule has 0 aliphatic heterocycles. The van der Waals surface area contributed by atoms with Gasteiger partial charge in [0.1, 0.15) is 11.9 Å². The summed E-state index contributed by atoms with van der Waals surface area (Å²) in [6, 6.07) is 3.64. The van der Waals surface area contributed by atoms with Crippen LogP contribution in [-0.4, -0.2) is 42.1 Å². The summed E-state index contributed by atoms with van der Waals surface area (Å²) < 4.78 is 0. The first kappa shape index (κ1) is 10.4. The molecule has 0 atom stereocenters. The van der Waals surface area contributed by atoms with E-state index in [4.69, 9.17) is 5.26 Å². The van der Waals surface area contributed by atoms with Gasteiger partial charge in [-0.2, -0.15) is 5.26 Å². The lowest BCUT2D eigenvalue weighted by Gasteiger charge is -2.10. The summed E-state index contributed by atoms with van der Waals surface area (Å²) in [6.07, 6.45) is 1.57. The Morgan fingerprint density at radius 2 is 2.36 bits per heavy atom. The van der Waals surface area contributed by atoms with Crippen LogP contribution < -0.4 is 5.32 Å². The summed E-state index contributed by atoms with van der Waals surface area (Å²) in [5.41, 5.74) is 0. The first-order valence-electron chi connectivity index (χ1n) is 4.34. The molecule has 1 aromatic rings. The van der Waals surface area contributed by atoms with E-state index < -0.39 is 0 Å². The molecule has 0 radical (unpaired) electrons. The fraction of sp³-hybridized carbons (Fsp3) is 0.444. The number of nitrogens with zero attached hydrogens (tertiary/aromatic N) is 4. The van der Waals surface area contributed by atoms with Gasteiger partial charge < -0.3 is 10.2 Å². The molecule has 0 unspecified atom stereocenters. The zero-order valence-electron chi connectivity index (χ0n) is 8.36. The summed E-state index contributed by atoms with van der Waals surface area (Å²) in [4.78, 5) is 9.83. The summed E-state index contributed by atoms with van der Waals surface area (Å²) in [5.74, 6) is 0.887. The molecule has 5 nitrogen and oxygen atoms in total. The van der Waals surface area contributed by atoms with E-state index in [1.807, 2.05) is 20.2 Å². The second-order valence-electron chi connectivity index (χ2n) is 3.11. The van der Waals surface area contributed by atoms with Crippen molar-refractivity contribution >= 4 is 5.82 Å². The van der Waals surface area contributed by atoms with Gasteiger partial charge in [0.15, 0.2) is 0 Å². The standard InChI is InChI=1S/C9H13N5/c1-14(2)6-5-12-8-3-4-11-9(7-10)13-8/h3-4H,5-6H2,1-2H3,(H,11,12,13). The fourth-order valence-electron chi connectivity index (χ4n) is 0.919. The number of nitrogens with one attached hydrogen (secondary N) is 1. The largest absolute Gasteiger partial charge is 0.369 e. The summed E-state index contributed by atoms with van der Waals surface area (Å²) in [5, 5.41) is 11.7. The van der Waals surface area contributed by atoms with Crippen molar-refractivity contribution in [1.29, 1.82) is 5.26 Å². The van der Waals surface area contributed by atoms with Crippen LogP contribution >= 0.6 is 0 Å². The Hall–Kier alpha value is -1.67. The van der Waals surface area contributed by atoms with Crippen LogP contribution in [0.2, 0.25) is 0 Å². The van der Waals surface area contributed by atoms with Crippen LogP contribution in [0.5, 0.6) is 0 Å². The highest BCUT2D eigenvalue weighted by Gasteiger charge is 1.96. The Kier molecular flexibility index (Phi) is 3.83. The second-order valence-corrected chi connectivity index (χ2v) is 3.11. The zero-order chi connectivity index (χ0) is 10.4. The van der Waals surface area contributed by atoms with E-state index in [0.29, 0.717) is 5.82 Å². The molecule has 5 heteroatoms. The van der Waals surface area contributed by atoms with Crippen molar-refractivity contribution in [3.05, 3.63) is 18.1 Å². The number of hydrogen-bond acceptors (Lipinski definition) is 5. The van der Waals surface area contributed by atoms with Crippen molar-refractivity contribution in [2.24, 2.45) is 0 Å². The average molecular weight is 191 g/mol. The van der Waals surface area contributed by atoms with Crippen LogP contribution in [0.1, 0.15) is 5.82 Å². The molecule has 0 saturated heterocycles. The number of hydrogen-bond donors (Lipinski definition) is 1. The predicted molar refractivity (Wildman–Crippen MR) is 53.8 cm³/mol. The Morgan fingerprint density at radius 3 is 3.00 bits per heavy atom. The quantitative estimate of drug-likeness (QED) is 0.742. The number of rotatable bonds is 4. The Labute approximate surface area is 83.4 Å². The third-order valence-corrected chi connectivity index (χ3v) is 1.62. The van der Waals surface area contributed by atoms with Crippen LogP contribution in [0.25, 0.3) is 0 Å². The molecule has 14 heavy (non-hydrogen) atoms. The Balaban J connectivity index is 2.47. The van der Waals surface area contributed by atoms with Gasteiger partial charge in [0, 0.05) is 19.3 Å². The molecular formula is C9H13N5. The maximum Gasteiger partial charge on any atom is 0.234 e. The number of anilines is 1. The van der Waals surface area contributed by atoms with Crippen LogP contribution in [0.4, 0.5) is 5.82 Å². The van der Waals surface area contributed by atoms with E-state index in [1.165, 1.54) is 0 Å². The molecule has 0 saturated carbocycles. The lowest BCUT2D eigenvalue weighted by molar-refractivity contribution is 0.425. The van der Waals surface area contributed by atoms with Gasteiger partial charge in [0.2, 0.25) is 5.82 Å². The zero-order valence-corrected chi connectivity index (χ0v) is 8.36. The highest BCUT2D eigenvalue weighted by atomic mass is 15.1. The summed E-state index contributed by atoms with van der Waals surface area (Å²) in [6.45, 7) is 1.72. The average Bonchev–Trinajstić information content (AvgIpc) is 2.18. The van der Waals surface area contributed by atoms with E-state index in [-0.39, 0.29) is 5.82 Å². The van der Waals surface area contributed by atoms with Crippen LogP contribution in [-0.2, 0) is 0 Å². The number of nitriles is 1. The van der Waals surface area contributed by atoms with E-state index in [0.717, 1.165) is 13.1 Å². The van der Waals surface area contributed by atoms with E-state index in [1.54, 1.807) is 12.3 Å². The van der Waals surface area contributed by atoms with E-state index >= 15 is 0 Å². The first-order valence-corrected chi connectivity index (χ1v) is 4.34. The Bertz CT molecular complexity index is 328. The van der Waals surface area contributed by atoms with Crippen LogP contribution in [0.15, 0.2) is 12.3 Å². The van der Waals surface area contributed by atoms with Crippen LogP contribution in [0, 0.1) is 11.3 Å². The molecule has 0 aromatic carbocycles. The van der Waals surface area contributed by atoms with E-state index in [9.17, 15) is 0 Å². The van der Waals surface area contributed by atoms with Gasteiger partial charge in [0.25, 0.3) is 0 Å². The smallest absolute Gasteiger partial charge is 0.234 e. The van der Waals surface area contributed by atoms with Gasteiger partial charge in [0.05, 0.1) is 0 Å². The molecule has 1 aromatic heterocycles. The first-order chi connectivity index (χ1) is 6.72. The maximum absolute atomic E-state index is 8.56. The van der Waals surface area contributed by atoms with Crippen molar-refractivity contribution in [2.75, 3.05) is 32.5 Å². The van der Waals surface area contributed by atoms with Gasteiger partial charge in [-0.25, -0.2) is 9.97 Å². The SMILES string of the molecule is CN(C)CCNc1ccnc(C#N)n1. The molecular weight excluding hydrogens is 178 g/mol. The highest BCUT2D eigenvalue weighted by molar-refractivity contribution is 5.34. The molecule has 0 bridgehead atoms. The second kappa shape index (κ2) is 5.14. The lowest BCUT2D eigenvalue weighted by Crippen LogP contribution is -2.21. The third-order valence-electron chi connectivity index (χ3n) is 1.62. The topological polar surface area (TPSA) is 64.8 Å². The van der Waals surface area contributed by atoms with Crippen LogP contribution in [0.3, 0.4) is 0 Å². The lowest BCUT2D eigenvalue weighted by atomic mass is 10.5. The summed E-state index contributed by atoms with van der Waals surface area (Å²) >= 11 is 0. The molecule has 0 aliphatic rings. The van der Waals surface area contributed by atoms with Gasteiger partial charge >= 0.3 is 0 Å². The molecule has 1 N–H and O–H groups in total. The van der Waals surface area contributed by atoms with Crippen molar-refractivity contribution in [3.8, 4) is 6.07 Å². The maximum atomic E-state index is 8.56. The van der Waals surface area contributed by atoms with Gasteiger partial charge in [-0.1, -0.05) is 0 Å². The third kappa shape index (κ3) is 3.37. The monoisotopic (exact) mass is 191 g/mol. The predicted octanol–water partition coefficient (Wildman–Crippen LogP) is 0.322. The number of aromatic nitrogens is 2. The molecule has 0 fully saturated rings. The van der Waals surface area contributed by atoms with E-state index in [2.05, 4.69) is 20.2 Å². The molecule has 0 aliphatic carbocycles. The van der Waals surface area contributed by atoms with Crippen molar-refractivity contribution in [3.63, 3.8) is 0 Å².